The Labute approximate surface area is 57.6 Å². The van der Waals surface area contributed by atoms with Gasteiger partial charge in [0.2, 0.25) is 0 Å². The molecule has 0 nitrogen and oxygen atoms in total. The molecular formula is C4H6Cl2S. The van der Waals surface area contributed by atoms with Crippen molar-refractivity contribution in [3.05, 3.63) is 0 Å². The van der Waals surface area contributed by atoms with Crippen molar-refractivity contribution in [2.45, 2.75) is 10.8 Å². The molecule has 0 unspecified atom stereocenters. The molecule has 0 aromatic carbocycles. The average Bonchev–Trinajstić information content (AvgIpc) is 1.84. The van der Waals surface area contributed by atoms with Crippen LogP contribution in [0.25, 0.3) is 0 Å². The third-order valence-electron chi connectivity index (χ3n) is 0.925. The highest BCUT2D eigenvalue weighted by molar-refractivity contribution is 7.99. The fraction of sp³-hybridized carbons (Fsp3) is 1.00. The Morgan fingerprint density at radius 3 is 2.29 bits per heavy atom. The number of hydrogen-bond acceptors (Lipinski definition) is 1. The van der Waals surface area contributed by atoms with Crippen LogP contribution in [0, 0.1) is 0 Å². The van der Waals surface area contributed by atoms with E-state index < -0.39 is 4.33 Å². The van der Waals surface area contributed by atoms with Crippen LogP contribution in [0.5, 0.6) is 0 Å². The molecule has 0 atom stereocenters. The largest absolute Gasteiger partial charge is 0.159 e. The molecule has 1 saturated heterocycles. The lowest BCUT2D eigenvalue weighted by Crippen LogP contribution is -2.08. The smallest absolute Gasteiger partial charge is 0.128 e. The molecule has 42 valence electrons. The van der Waals surface area contributed by atoms with E-state index in [1.54, 1.807) is 0 Å². The summed E-state index contributed by atoms with van der Waals surface area (Å²) in [6.45, 7) is 0. The van der Waals surface area contributed by atoms with Gasteiger partial charge in [-0.05, 0) is 12.2 Å². The van der Waals surface area contributed by atoms with E-state index in [1.165, 1.54) is 0 Å². The molecule has 0 radical (unpaired) electrons. The van der Waals surface area contributed by atoms with Crippen molar-refractivity contribution in [3.8, 4) is 0 Å². The first-order valence-electron chi connectivity index (χ1n) is 2.16. The summed E-state index contributed by atoms with van der Waals surface area (Å²) in [7, 11) is 0. The van der Waals surface area contributed by atoms with Crippen LogP contribution in [-0.2, 0) is 0 Å². The van der Waals surface area contributed by atoms with Crippen LogP contribution in [0.3, 0.4) is 0 Å². The first kappa shape index (κ1) is 6.06. The highest BCUT2D eigenvalue weighted by Crippen LogP contribution is 2.36. The molecule has 0 N–H and O–H groups in total. The van der Waals surface area contributed by atoms with Crippen LogP contribution in [0.15, 0.2) is 0 Å². The van der Waals surface area contributed by atoms with Crippen LogP contribution in [-0.4, -0.2) is 15.8 Å². The van der Waals surface area contributed by atoms with Gasteiger partial charge in [0, 0.05) is 5.75 Å². The molecule has 1 heterocycles. The summed E-state index contributed by atoms with van der Waals surface area (Å²) >= 11 is 13.2. The summed E-state index contributed by atoms with van der Waals surface area (Å²) in [5, 5.41) is 0. The molecule has 0 aromatic rings. The van der Waals surface area contributed by atoms with Crippen molar-refractivity contribution in [1.82, 2.24) is 0 Å². The van der Waals surface area contributed by atoms with Crippen LogP contribution in [0.4, 0.5) is 0 Å². The molecule has 7 heavy (non-hydrogen) atoms. The lowest BCUT2D eigenvalue weighted by atomic mass is 10.4. The van der Waals surface area contributed by atoms with E-state index in [1.807, 2.05) is 11.8 Å². The lowest BCUT2D eigenvalue weighted by Gasteiger charge is -2.05. The molecular weight excluding hydrogens is 151 g/mol. The van der Waals surface area contributed by atoms with Crippen LogP contribution < -0.4 is 0 Å². The van der Waals surface area contributed by atoms with E-state index in [9.17, 15) is 0 Å². The highest BCUT2D eigenvalue weighted by atomic mass is 35.5. The van der Waals surface area contributed by atoms with Gasteiger partial charge in [0.1, 0.15) is 4.33 Å². The molecule has 0 saturated carbocycles. The second-order valence-electron chi connectivity index (χ2n) is 1.66. The molecule has 1 rings (SSSR count). The zero-order chi connectivity index (χ0) is 5.33. The molecule has 1 aliphatic rings. The Morgan fingerprint density at radius 2 is 2.14 bits per heavy atom. The van der Waals surface area contributed by atoms with Crippen molar-refractivity contribution in [3.63, 3.8) is 0 Å². The minimum Gasteiger partial charge on any atom is -0.159 e. The quantitative estimate of drug-likeness (QED) is 0.486. The molecule has 0 amide bonds. The van der Waals surface area contributed by atoms with Crippen molar-refractivity contribution < 1.29 is 0 Å². The number of alkyl halides is 2. The number of hydrogen-bond donors (Lipinski definition) is 0. The van der Waals surface area contributed by atoms with Gasteiger partial charge in [-0.15, -0.1) is 23.2 Å². The second-order valence-corrected chi connectivity index (χ2v) is 4.40. The average molecular weight is 157 g/mol. The first-order valence-corrected chi connectivity index (χ1v) is 4.07. The first-order chi connectivity index (χ1) is 3.21. The maximum absolute atomic E-state index is 5.71. The fourth-order valence-corrected chi connectivity index (χ4v) is 2.47. The molecule has 1 fully saturated rings. The van der Waals surface area contributed by atoms with Crippen molar-refractivity contribution in [1.29, 1.82) is 0 Å². The predicted octanol–water partition coefficient (Wildman–Crippen LogP) is 2.30. The van der Waals surface area contributed by atoms with Gasteiger partial charge in [-0.2, -0.15) is 11.8 Å². The van der Waals surface area contributed by atoms with Crippen LogP contribution >= 0.6 is 35.0 Å². The van der Waals surface area contributed by atoms with E-state index in [-0.39, 0.29) is 0 Å². The molecule has 0 aliphatic carbocycles. The molecule has 0 aromatic heterocycles. The number of rotatable bonds is 0. The summed E-state index contributed by atoms with van der Waals surface area (Å²) in [4.78, 5) is 0. The molecule has 0 bridgehead atoms. The number of halogens is 2. The van der Waals surface area contributed by atoms with Gasteiger partial charge in [0.25, 0.3) is 0 Å². The van der Waals surface area contributed by atoms with Gasteiger partial charge in [-0.1, -0.05) is 0 Å². The zero-order valence-electron chi connectivity index (χ0n) is 3.79. The van der Waals surface area contributed by atoms with Crippen molar-refractivity contribution >= 4 is 35.0 Å². The topological polar surface area (TPSA) is 0 Å². The Morgan fingerprint density at radius 1 is 1.43 bits per heavy atom. The molecule has 3 heteroatoms. The van der Waals surface area contributed by atoms with Gasteiger partial charge in [0.15, 0.2) is 0 Å². The van der Waals surface area contributed by atoms with Gasteiger partial charge >= 0.3 is 0 Å². The maximum Gasteiger partial charge on any atom is 0.128 e. The third-order valence-corrected chi connectivity index (χ3v) is 3.08. The SMILES string of the molecule is ClC1(Cl)CCSC1. The summed E-state index contributed by atoms with van der Waals surface area (Å²) in [6.07, 6.45) is 0.945. The number of thioether (sulfide) groups is 1. The summed E-state index contributed by atoms with van der Waals surface area (Å²) in [6, 6.07) is 0. The van der Waals surface area contributed by atoms with E-state index in [0.29, 0.717) is 0 Å². The minimum atomic E-state index is -0.398. The van der Waals surface area contributed by atoms with Crippen molar-refractivity contribution in [2.24, 2.45) is 0 Å². The molecule has 1 aliphatic heterocycles. The Balaban J connectivity index is 2.40. The molecule has 0 spiro atoms. The van der Waals surface area contributed by atoms with E-state index in [4.69, 9.17) is 23.2 Å². The fourth-order valence-electron chi connectivity index (χ4n) is 0.515. The summed E-state index contributed by atoms with van der Waals surface area (Å²) in [5.74, 6) is 2.02. The summed E-state index contributed by atoms with van der Waals surface area (Å²) < 4.78 is -0.398. The highest BCUT2D eigenvalue weighted by Gasteiger charge is 2.28. The predicted molar refractivity (Wildman–Crippen MR) is 36.4 cm³/mol. The van der Waals surface area contributed by atoms with Crippen LogP contribution in [0.1, 0.15) is 6.42 Å². The normalized spacial score (nSPS) is 28.3. The second kappa shape index (κ2) is 2.04. The van der Waals surface area contributed by atoms with E-state index in [0.717, 1.165) is 17.9 Å². The Bertz CT molecular complexity index is 64.1. The van der Waals surface area contributed by atoms with Gasteiger partial charge in [-0.25, -0.2) is 0 Å². The lowest BCUT2D eigenvalue weighted by molar-refractivity contribution is 0.879. The standard InChI is InChI=1S/C4H6Cl2S/c5-4(6)1-2-7-3-4/h1-3H2. The summed E-state index contributed by atoms with van der Waals surface area (Å²) in [5.41, 5.74) is 0. The van der Waals surface area contributed by atoms with E-state index >= 15 is 0 Å². The Kier molecular flexibility index (Phi) is 1.76. The van der Waals surface area contributed by atoms with Crippen molar-refractivity contribution in [2.75, 3.05) is 11.5 Å². The van der Waals surface area contributed by atoms with E-state index in [2.05, 4.69) is 0 Å². The zero-order valence-corrected chi connectivity index (χ0v) is 6.11. The monoisotopic (exact) mass is 156 g/mol. The minimum absolute atomic E-state index is 0.398. The third kappa shape index (κ3) is 1.71. The van der Waals surface area contributed by atoms with Gasteiger partial charge in [-0.3, -0.25) is 0 Å². The van der Waals surface area contributed by atoms with Gasteiger partial charge in [0.05, 0.1) is 0 Å². The Hall–Kier alpha value is 0.930. The van der Waals surface area contributed by atoms with Crippen LogP contribution in [0.2, 0.25) is 0 Å². The van der Waals surface area contributed by atoms with Gasteiger partial charge < -0.3 is 0 Å². The maximum atomic E-state index is 5.71.